The number of nitrogens with zero attached hydrogens (tertiary/aromatic N) is 2. The molecule has 2 aromatic rings. The summed E-state index contributed by atoms with van der Waals surface area (Å²) in [6, 6.07) is 7.31. The first kappa shape index (κ1) is 18.9. The molecule has 1 saturated carbocycles. The number of hydrogen-bond donors (Lipinski definition) is 2. The number of aromatic nitrogens is 2. The SMILES string of the molecule is COc1ccc(NC(=O)c2cc(NC3CCCCCC3)ncn2)cc1OC. The van der Waals surface area contributed by atoms with Crippen molar-refractivity contribution < 1.29 is 14.3 Å². The van der Waals surface area contributed by atoms with Gasteiger partial charge < -0.3 is 20.1 Å². The molecule has 144 valence electrons. The average molecular weight is 370 g/mol. The minimum atomic E-state index is -0.298. The van der Waals surface area contributed by atoms with Gasteiger partial charge in [0.25, 0.3) is 5.91 Å². The molecule has 3 rings (SSSR count). The van der Waals surface area contributed by atoms with Gasteiger partial charge in [0.05, 0.1) is 14.2 Å². The second-order valence-electron chi connectivity index (χ2n) is 6.65. The molecule has 1 amide bonds. The third kappa shape index (κ3) is 5.09. The summed E-state index contributed by atoms with van der Waals surface area (Å²) in [4.78, 5) is 20.9. The normalized spacial score (nSPS) is 14.9. The maximum absolute atomic E-state index is 12.6. The number of ether oxygens (including phenoxy) is 2. The molecule has 2 N–H and O–H groups in total. The fraction of sp³-hybridized carbons (Fsp3) is 0.450. The van der Waals surface area contributed by atoms with E-state index in [4.69, 9.17) is 9.47 Å². The lowest BCUT2D eigenvalue weighted by molar-refractivity contribution is 0.102. The molecule has 0 unspecified atom stereocenters. The summed E-state index contributed by atoms with van der Waals surface area (Å²) in [7, 11) is 3.12. The number of rotatable bonds is 6. The Bertz CT molecular complexity index is 774. The van der Waals surface area contributed by atoms with Crippen molar-refractivity contribution in [2.24, 2.45) is 0 Å². The maximum Gasteiger partial charge on any atom is 0.274 e. The molecule has 1 aliphatic carbocycles. The van der Waals surface area contributed by atoms with E-state index in [9.17, 15) is 4.79 Å². The van der Waals surface area contributed by atoms with E-state index in [1.165, 1.54) is 32.0 Å². The van der Waals surface area contributed by atoms with E-state index < -0.39 is 0 Å². The van der Waals surface area contributed by atoms with Crippen molar-refractivity contribution >= 4 is 17.4 Å². The maximum atomic E-state index is 12.6. The zero-order valence-electron chi connectivity index (χ0n) is 15.8. The third-order valence-corrected chi connectivity index (χ3v) is 4.75. The molecule has 7 heteroatoms. The van der Waals surface area contributed by atoms with Crippen LogP contribution in [0.2, 0.25) is 0 Å². The van der Waals surface area contributed by atoms with Gasteiger partial charge in [0.15, 0.2) is 11.5 Å². The Hall–Kier alpha value is -2.83. The molecule has 1 aliphatic rings. The summed E-state index contributed by atoms with van der Waals surface area (Å²) in [5, 5.41) is 6.28. The van der Waals surface area contributed by atoms with E-state index in [2.05, 4.69) is 20.6 Å². The Morgan fingerprint density at radius 2 is 1.74 bits per heavy atom. The lowest BCUT2D eigenvalue weighted by Crippen LogP contribution is -2.20. The minimum absolute atomic E-state index is 0.298. The van der Waals surface area contributed by atoms with Crippen LogP contribution >= 0.6 is 0 Å². The zero-order chi connectivity index (χ0) is 19.1. The molecule has 7 nitrogen and oxygen atoms in total. The van der Waals surface area contributed by atoms with Crippen molar-refractivity contribution in [1.29, 1.82) is 0 Å². The van der Waals surface area contributed by atoms with Crippen LogP contribution in [0.15, 0.2) is 30.6 Å². The van der Waals surface area contributed by atoms with Crippen LogP contribution in [0.3, 0.4) is 0 Å². The van der Waals surface area contributed by atoms with Gasteiger partial charge in [0, 0.05) is 23.9 Å². The molecular formula is C20H26N4O3. The Balaban J connectivity index is 1.68. The number of hydrogen-bond acceptors (Lipinski definition) is 6. The van der Waals surface area contributed by atoms with Crippen LogP contribution < -0.4 is 20.1 Å². The first-order chi connectivity index (χ1) is 13.2. The highest BCUT2D eigenvalue weighted by atomic mass is 16.5. The highest BCUT2D eigenvalue weighted by Crippen LogP contribution is 2.30. The molecule has 0 aliphatic heterocycles. The average Bonchev–Trinajstić information content (AvgIpc) is 2.96. The highest BCUT2D eigenvalue weighted by Gasteiger charge is 2.15. The zero-order valence-corrected chi connectivity index (χ0v) is 15.8. The first-order valence-corrected chi connectivity index (χ1v) is 9.31. The Morgan fingerprint density at radius 1 is 1.00 bits per heavy atom. The minimum Gasteiger partial charge on any atom is -0.493 e. The highest BCUT2D eigenvalue weighted by molar-refractivity contribution is 6.03. The largest absolute Gasteiger partial charge is 0.493 e. The van der Waals surface area contributed by atoms with Gasteiger partial charge in [-0.3, -0.25) is 4.79 Å². The van der Waals surface area contributed by atoms with Crippen LogP contribution in [0.5, 0.6) is 11.5 Å². The van der Waals surface area contributed by atoms with Crippen molar-refractivity contribution in [2.45, 2.75) is 44.6 Å². The topological polar surface area (TPSA) is 85.4 Å². The Morgan fingerprint density at radius 3 is 2.44 bits per heavy atom. The van der Waals surface area contributed by atoms with Gasteiger partial charge in [0.1, 0.15) is 17.8 Å². The number of benzene rings is 1. The number of amides is 1. The molecule has 27 heavy (non-hydrogen) atoms. The van der Waals surface area contributed by atoms with Gasteiger partial charge in [-0.2, -0.15) is 0 Å². The van der Waals surface area contributed by atoms with Crippen LogP contribution in [0, 0.1) is 0 Å². The van der Waals surface area contributed by atoms with E-state index in [1.54, 1.807) is 38.5 Å². The van der Waals surface area contributed by atoms with Crippen LogP contribution in [-0.4, -0.2) is 36.1 Å². The summed E-state index contributed by atoms with van der Waals surface area (Å²) in [5.41, 5.74) is 0.922. The van der Waals surface area contributed by atoms with Crippen LogP contribution in [0.1, 0.15) is 49.0 Å². The van der Waals surface area contributed by atoms with Crippen molar-refractivity contribution in [2.75, 3.05) is 24.9 Å². The van der Waals surface area contributed by atoms with E-state index in [0.717, 1.165) is 12.8 Å². The van der Waals surface area contributed by atoms with Gasteiger partial charge in [-0.05, 0) is 25.0 Å². The molecule has 0 radical (unpaired) electrons. The molecule has 0 bridgehead atoms. The summed E-state index contributed by atoms with van der Waals surface area (Å²) in [5.74, 6) is 1.55. The smallest absolute Gasteiger partial charge is 0.274 e. The van der Waals surface area contributed by atoms with Crippen LogP contribution in [0.25, 0.3) is 0 Å². The predicted molar refractivity (Wildman–Crippen MR) is 105 cm³/mol. The summed E-state index contributed by atoms with van der Waals surface area (Å²) in [6.45, 7) is 0. The van der Waals surface area contributed by atoms with E-state index in [-0.39, 0.29) is 5.91 Å². The van der Waals surface area contributed by atoms with Gasteiger partial charge in [-0.15, -0.1) is 0 Å². The van der Waals surface area contributed by atoms with Crippen molar-refractivity contribution in [1.82, 2.24) is 9.97 Å². The number of carbonyl (C=O) groups excluding carboxylic acids is 1. The van der Waals surface area contributed by atoms with Crippen molar-refractivity contribution in [3.8, 4) is 11.5 Å². The van der Waals surface area contributed by atoms with Gasteiger partial charge in [-0.25, -0.2) is 9.97 Å². The number of nitrogens with one attached hydrogen (secondary N) is 2. The van der Waals surface area contributed by atoms with E-state index >= 15 is 0 Å². The Labute approximate surface area is 159 Å². The van der Waals surface area contributed by atoms with Crippen molar-refractivity contribution in [3.63, 3.8) is 0 Å². The number of carbonyl (C=O) groups is 1. The molecule has 0 saturated heterocycles. The lowest BCUT2D eigenvalue weighted by Gasteiger charge is -2.17. The van der Waals surface area contributed by atoms with Gasteiger partial charge in [-0.1, -0.05) is 25.7 Å². The fourth-order valence-corrected chi connectivity index (χ4v) is 3.30. The molecule has 0 atom stereocenters. The molecule has 1 fully saturated rings. The number of anilines is 2. The predicted octanol–water partition coefficient (Wildman–Crippen LogP) is 3.88. The van der Waals surface area contributed by atoms with Crippen molar-refractivity contribution in [3.05, 3.63) is 36.3 Å². The van der Waals surface area contributed by atoms with Gasteiger partial charge >= 0.3 is 0 Å². The second-order valence-corrected chi connectivity index (χ2v) is 6.65. The summed E-state index contributed by atoms with van der Waals surface area (Å²) < 4.78 is 10.5. The standard InChI is InChI=1S/C20H26N4O3/c1-26-17-10-9-15(11-18(17)27-2)24-20(25)16-12-19(22-13-21-16)23-14-7-5-3-4-6-8-14/h9-14H,3-8H2,1-2H3,(H,24,25)(H,21,22,23). The molecule has 1 aromatic heterocycles. The first-order valence-electron chi connectivity index (χ1n) is 9.31. The fourth-order valence-electron chi connectivity index (χ4n) is 3.30. The summed E-state index contributed by atoms with van der Waals surface area (Å²) >= 11 is 0. The van der Waals surface area contributed by atoms with Gasteiger partial charge in [0.2, 0.25) is 0 Å². The molecule has 1 aromatic carbocycles. The Kier molecular flexibility index (Phi) is 6.46. The second kappa shape index (κ2) is 9.21. The molecular weight excluding hydrogens is 344 g/mol. The van der Waals surface area contributed by atoms with Crippen LogP contribution in [0.4, 0.5) is 11.5 Å². The van der Waals surface area contributed by atoms with E-state index in [0.29, 0.717) is 34.7 Å². The van der Waals surface area contributed by atoms with E-state index in [1.807, 2.05) is 0 Å². The molecule has 1 heterocycles. The third-order valence-electron chi connectivity index (χ3n) is 4.75. The summed E-state index contributed by atoms with van der Waals surface area (Å²) in [6.07, 6.45) is 8.74. The monoisotopic (exact) mass is 370 g/mol. The lowest BCUT2D eigenvalue weighted by atomic mass is 10.1. The quantitative estimate of drug-likeness (QED) is 0.751. The number of methoxy groups -OCH3 is 2. The van der Waals surface area contributed by atoms with Crippen LogP contribution in [-0.2, 0) is 0 Å². The molecule has 0 spiro atoms.